The van der Waals surface area contributed by atoms with Crippen LogP contribution in [0.5, 0.6) is 0 Å². The van der Waals surface area contributed by atoms with Crippen molar-refractivity contribution >= 4 is 0 Å². The van der Waals surface area contributed by atoms with Crippen LogP contribution in [0.2, 0.25) is 0 Å². The highest BCUT2D eigenvalue weighted by Gasteiger charge is 2.25. The molecular formula is C15H23NO. The zero-order valence-electron chi connectivity index (χ0n) is 10.7. The van der Waals surface area contributed by atoms with E-state index in [1.54, 1.807) is 0 Å². The van der Waals surface area contributed by atoms with Crippen molar-refractivity contribution in [1.82, 2.24) is 5.32 Å². The normalized spacial score (nSPS) is 26.3. The molecule has 2 aliphatic carbocycles. The fraction of sp³-hybridized carbons (Fsp3) is 0.733. The maximum absolute atomic E-state index is 5.54. The molecule has 2 nitrogen and oxygen atoms in total. The molecule has 17 heavy (non-hydrogen) atoms. The Bertz CT molecular complexity index is 367. The third kappa shape index (κ3) is 2.42. The van der Waals surface area contributed by atoms with Gasteiger partial charge < -0.3 is 9.73 Å². The van der Waals surface area contributed by atoms with Gasteiger partial charge in [-0.05, 0) is 38.2 Å². The van der Waals surface area contributed by atoms with Gasteiger partial charge >= 0.3 is 0 Å². The molecule has 2 heteroatoms. The van der Waals surface area contributed by atoms with E-state index < -0.39 is 0 Å². The molecule has 0 amide bonds. The van der Waals surface area contributed by atoms with Crippen molar-refractivity contribution in [2.75, 3.05) is 0 Å². The third-order valence-corrected chi connectivity index (χ3v) is 4.45. The second-order valence-electron chi connectivity index (χ2n) is 5.84. The van der Waals surface area contributed by atoms with Gasteiger partial charge in [0.05, 0.1) is 6.26 Å². The Morgan fingerprint density at radius 1 is 1.35 bits per heavy atom. The molecule has 0 saturated heterocycles. The highest BCUT2D eigenvalue weighted by atomic mass is 16.3. The van der Waals surface area contributed by atoms with Crippen LogP contribution in [-0.2, 0) is 6.42 Å². The third-order valence-electron chi connectivity index (χ3n) is 4.45. The lowest BCUT2D eigenvalue weighted by atomic mass is 9.81. The fourth-order valence-corrected chi connectivity index (χ4v) is 3.30. The average molecular weight is 233 g/mol. The lowest BCUT2D eigenvalue weighted by Crippen LogP contribution is -2.34. The van der Waals surface area contributed by atoms with Crippen molar-refractivity contribution in [3.05, 3.63) is 23.7 Å². The predicted molar refractivity (Wildman–Crippen MR) is 68.9 cm³/mol. The number of fused-ring (bicyclic) bond motifs is 1. The number of aryl methyl sites for hydroxylation is 1. The first-order valence-corrected chi connectivity index (χ1v) is 7.15. The first-order valence-electron chi connectivity index (χ1n) is 7.15. The van der Waals surface area contributed by atoms with Gasteiger partial charge in [-0.15, -0.1) is 0 Å². The molecule has 2 aliphatic rings. The minimum Gasteiger partial charge on any atom is -0.469 e. The van der Waals surface area contributed by atoms with Crippen molar-refractivity contribution in [2.24, 2.45) is 5.92 Å². The van der Waals surface area contributed by atoms with Crippen LogP contribution in [0.25, 0.3) is 0 Å². The van der Waals surface area contributed by atoms with E-state index in [-0.39, 0.29) is 0 Å². The Morgan fingerprint density at radius 3 is 3.00 bits per heavy atom. The summed E-state index contributed by atoms with van der Waals surface area (Å²) >= 11 is 0. The van der Waals surface area contributed by atoms with Gasteiger partial charge in [-0.1, -0.05) is 19.3 Å². The molecule has 0 aromatic carbocycles. The average Bonchev–Trinajstić information content (AvgIpc) is 2.73. The summed E-state index contributed by atoms with van der Waals surface area (Å²) in [5.74, 6) is 2.20. The SMILES string of the molecule is CC(CC1CCC1)NC1CCCc2occc21. The van der Waals surface area contributed by atoms with Crippen LogP contribution in [0.3, 0.4) is 0 Å². The summed E-state index contributed by atoms with van der Waals surface area (Å²) in [6.45, 7) is 2.34. The van der Waals surface area contributed by atoms with Crippen molar-refractivity contribution in [1.29, 1.82) is 0 Å². The van der Waals surface area contributed by atoms with Crippen molar-refractivity contribution in [3.8, 4) is 0 Å². The molecule has 2 atom stereocenters. The second kappa shape index (κ2) is 4.85. The molecule has 1 N–H and O–H groups in total. The predicted octanol–water partition coefficient (Wildman–Crippen LogP) is 3.83. The van der Waals surface area contributed by atoms with E-state index in [0.717, 1.165) is 12.3 Å². The fourth-order valence-electron chi connectivity index (χ4n) is 3.30. The second-order valence-corrected chi connectivity index (χ2v) is 5.84. The van der Waals surface area contributed by atoms with Crippen LogP contribution in [-0.4, -0.2) is 6.04 Å². The quantitative estimate of drug-likeness (QED) is 0.855. The summed E-state index contributed by atoms with van der Waals surface area (Å²) in [6, 6.07) is 3.33. The summed E-state index contributed by atoms with van der Waals surface area (Å²) in [5, 5.41) is 3.80. The number of rotatable bonds is 4. The zero-order chi connectivity index (χ0) is 11.7. The Balaban J connectivity index is 1.58. The lowest BCUT2D eigenvalue weighted by Gasteiger charge is -2.32. The van der Waals surface area contributed by atoms with Gasteiger partial charge in [0, 0.05) is 24.1 Å². The molecule has 0 aliphatic heterocycles. The monoisotopic (exact) mass is 233 g/mol. The van der Waals surface area contributed by atoms with E-state index in [0.29, 0.717) is 12.1 Å². The number of hydrogen-bond donors (Lipinski definition) is 1. The van der Waals surface area contributed by atoms with Gasteiger partial charge in [0.2, 0.25) is 0 Å². The molecule has 2 unspecified atom stereocenters. The molecule has 0 bridgehead atoms. The Kier molecular flexibility index (Phi) is 3.24. The van der Waals surface area contributed by atoms with E-state index >= 15 is 0 Å². The summed E-state index contributed by atoms with van der Waals surface area (Å²) in [7, 11) is 0. The molecule has 1 fully saturated rings. The molecule has 1 aromatic rings. The Labute approximate surface area is 104 Å². The van der Waals surface area contributed by atoms with E-state index in [2.05, 4.69) is 18.3 Å². The molecule has 1 heterocycles. The summed E-state index contributed by atoms with van der Waals surface area (Å²) in [6.07, 6.45) is 11.2. The van der Waals surface area contributed by atoms with E-state index in [1.165, 1.54) is 49.8 Å². The minimum atomic E-state index is 0.535. The summed E-state index contributed by atoms with van der Waals surface area (Å²) in [4.78, 5) is 0. The van der Waals surface area contributed by atoms with Gasteiger partial charge in [0.1, 0.15) is 5.76 Å². The van der Waals surface area contributed by atoms with Crippen molar-refractivity contribution in [2.45, 2.75) is 64.0 Å². The van der Waals surface area contributed by atoms with Crippen LogP contribution in [0.4, 0.5) is 0 Å². The molecule has 1 aromatic heterocycles. The minimum absolute atomic E-state index is 0.535. The van der Waals surface area contributed by atoms with Crippen LogP contribution < -0.4 is 5.32 Å². The number of hydrogen-bond acceptors (Lipinski definition) is 2. The summed E-state index contributed by atoms with van der Waals surface area (Å²) < 4.78 is 5.54. The van der Waals surface area contributed by atoms with Crippen LogP contribution in [0, 0.1) is 5.92 Å². The zero-order valence-corrected chi connectivity index (χ0v) is 10.7. The van der Waals surface area contributed by atoms with Crippen LogP contribution in [0.15, 0.2) is 16.7 Å². The van der Waals surface area contributed by atoms with Gasteiger partial charge in [-0.3, -0.25) is 0 Å². The molecular weight excluding hydrogens is 210 g/mol. The molecule has 1 saturated carbocycles. The smallest absolute Gasteiger partial charge is 0.108 e. The topological polar surface area (TPSA) is 25.2 Å². The van der Waals surface area contributed by atoms with E-state index in [4.69, 9.17) is 4.42 Å². The summed E-state index contributed by atoms with van der Waals surface area (Å²) in [5.41, 5.74) is 1.41. The molecule has 94 valence electrons. The Morgan fingerprint density at radius 2 is 2.24 bits per heavy atom. The van der Waals surface area contributed by atoms with Crippen LogP contribution >= 0.6 is 0 Å². The highest BCUT2D eigenvalue weighted by Crippen LogP contribution is 2.33. The number of nitrogens with one attached hydrogen (secondary N) is 1. The molecule has 0 spiro atoms. The Hall–Kier alpha value is -0.760. The maximum Gasteiger partial charge on any atom is 0.108 e. The van der Waals surface area contributed by atoms with Crippen molar-refractivity contribution < 1.29 is 4.42 Å². The first-order chi connectivity index (χ1) is 8.33. The molecule has 3 rings (SSSR count). The van der Waals surface area contributed by atoms with Crippen molar-refractivity contribution in [3.63, 3.8) is 0 Å². The lowest BCUT2D eigenvalue weighted by molar-refractivity contribution is 0.252. The van der Waals surface area contributed by atoms with Gasteiger partial charge in [-0.25, -0.2) is 0 Å². The van der Waals surface area contributed by atoms with Gasteiger partial charge in [0.15, 0.2) is 0 Å². The number of furan rings is 1. The maximum atomic E-state index is 5.54. The van der Waals surface area contributed by atoms with Gasteiger partial charge in [0.25, 0.3) is 0 Å². The van der Waals surface area contributed by atoms with E-state index in [1.807, 2.05) is 6.26 Å². The molecule has 0 radical (unpaired) electrons. The van der Waals surface area contributed by atoms with Gasteiger partial charge in [-0.2, -0.15) is 0 Å². The highest BCUT2D eigenvalue weighted by molar-refractivity contribution is 5.24. The first kappa shape index (κ1) is 11.3. The van der Waals surface area contributed by atoms with Crippen LogP contribution in [0.1, 0.15) is 62.8 Å². The standard InChI is InChI=1S/C15H23NO/c1-11(10-12-4-2-5-12)16-14-6-3-7-15-13(14)8-9-17-15/h8-9,11-12,14,16H,2-7,10H2,1H3. The van der Waals surface area contributed by atoms with E-state index in [9.17, 15) is 0 Å². The largest absolute Gasteiger partial charge is 0.469 e.